The number of imidazole rings is 1. The molecule has 26 heavy (non-hydrogen) atoms. The van der Waals surface area contributed by atoms with Crippen LogP contribution in [-0.4, -0.2) is 31.7 Å². The number of hydrogen-bond donors (Lipinski definition) is 1. The molecule has 130 valence electrons. The zero-order valence-corrected chi connectivity index (χ0v) is 14.5. The molecule has 1 aliphatic heterocycles. The van der Waals surface area contributed by atoms with Crippen molar-refractivity contribution >= 4 is 11.0 Å². The summed E-state index contributed by atoms with van der Waals surface area (Å²) < 4.78 is 4.82. The van der Waals surface area contributed by atoms with Gasteiger partial charge >= 0.3 is 0 Å². The third-order valence-electron chi connectivity index (χ3n) is 5.21. The van der Waals surface area contributed by atoms with Gasteiger partial charge < -0.3 is 4.98 Å². The molecule has 1 aliphatic rings. The van der Waals surface area contributed by atoms with E-state index < -0.39 is 0 Å². The summed E-state index contributed by atoms with van der Waals surface area (Å²) in [5.41, 5.74) is 7.76. The first kappa shape index (κ1) is 15.3. The summed E-state index contributed by atoms with van der Waals surface area (Å²) in [5.74, 6) is 0. The molecule has 2 aromatic carbocycles. The van der Waals surface area contributed by atoms with Crippen LogP contribution in [0.1, 0.15) is 34.1 Å². The van der Waals surface area contributed by atoms with Gasteiger partial charge in [-0.1, -0.05) is 30.3 Å². The Balaban J connectivity index is 1.55. The van der Waals surface area contributed by atoms with E-state index in [0.717, 1.165) is 36.2 Å². The average molecular weight is 345 g/mol. The summed E-state index contributed by atoms with van der Waals surface area (Å²) in [4.78, 5) is 10.5. The summed E-state index contributed by atoms with van der Waals surface area (Å²) in [6, 6.07) is 14.8. The molecule has 0 fully saturated rings. The number of hydrogen-bond acceptors (Lipinski definition) is 5. The van der Waals surface area contributed by atoms with Crippen molar-refractivity contribution in [1.29, 1.82) is 0 Å². The van der Waals surface area contributed by atoms with Crippen LogP contribution >= 0.6 is 0 Å². The molecule has 5 rings (SSSR count). The molecule has 1 atom stereocenters. The summed E-state index contributed by atoms with van der Waals surface area (Å²) in [6.07, 6.45) is 2.79. The number of rotatable bonds is 3. The number of aryl methyl sites for hydroxylation is 1. The molecule has 6 nitrogen and oxygen atoms in total. The van der Waals surface area contributed by atoms with Gasteiger partial charge in [0.05, 0.1) is 18.1 Å². The van der Waals surface area contributed by atoms with E-state index in [1.807, 2.05) is 12.4 Å². The van der Waals surface area contributed by atoms with E-state index in [4.69, 9.17) is 4.63 Å². The van der Waals surface area contributed by atoms with E-state index in [0.29, 0.717) is 0 Å². The Morgan fingerprint density at radius 3 is 2.96 bits per heavy atom. The SMILES string of the molecule is Cc1ccccc1[C@H]1c2nc[nH]c2CCN1Cc1ccc2nonc2c1. The molecule has 0 spiro atoms. The molecule has 0 radical (unpaired) electrons. The van der Waals surface area contributed by atoms with Crippen molar-refractivity contribution in [2.75, 3.05) is 6.54 Å². The Hall–Kier alpha value is -2.99. The van der Waals surface area contributed by atoms with Crippen LogP contribution in [0.4, 0.5) is 0 Å². The first-order valence-corrected chi connectivity index (χ1v) is 8.82. The molecule has 4 aromatic rings. The van der Waals surface area contributed by atoms with Gasteiger partial charge in [-0.25, -0.2) is 9.61 Å². The maximum Gasteiger partial charge on any atom is 0.135 e. The minimum Gasteiger partial charge on any atom is -0.348 e. The van der Waals surface area contributed by atoms with Gasteiger partial charge in [0.2, 0.25) is 0 Å². The fraction of sp³-hybridized carbons (Fsp3) is 0.250. The van der Waals surface area contributed by atoms with E-state index in [1.54, 1.807) is 0 Å². The highest BCUT2D eigenvalue weighted by atomic mass is 16.6. The van der Waals surface area contributed by atoms with E-state index in [-0.39, 0.29) is 6.04 Å². The standard InChI is InChI=1S/C20H19N5O/c1-13-4-2-3-5-15(13)20-19-17(21-12-22-19)8-9-25(20)11-14-6-7-16-18(10-14)24-26-23-16/h2-7,10,12,20H,8-9,11H2,1H3,(H,21,22)/t20-/m0/s1. The Kier molecular flexibility index (Phi) is 3.57. The minimum atomic E-state index is 0.150. The fourth-order valence-corrected chi connectivity index (χ4v) is 3.89. The second-order valence-corrected chi connectivity index (χ2v) is 6.83. The molecule has 6 heteroatoms. The van der Waals surface area contributed by atoms with Gasteiger partial charge in [0.15, 0.2) is 0 Å². The number of nitrogens with one attached hydrogen (secondary N) is 1. The molecule has 1 N–H and O–H groups in total. The number of fused-ring (bicyclic) bond motifs is 2. The lowest BCUT2D eigenvalue weighted by Crippen LogP contribution is -2.36. The maximum absolute atomic E-state index is 4.82. The first-order chi connectivity index (χ1) is 12.8. The predicted molar refractivity (Wildman–Crippen MR) is 97.5 cm³/mol. The second-order valence-electron chi connectivity index (χ2n) is 6.83. The van der Waals surface area contributed by atoms with Gasteiger partial charge in [-0.3, -0.25) is 4.90 Å². The summed E-state index contributed by atoms with van der Waals surface area (Å²) >= 11 is 0. The topological polar surface area (TPSA) is 70.8 Å². The predicted octanol–water partition coefficient (Wildman–Crippen LogP) is 3.40. The van der Waals surface area contributed by atoms with Crippen molar-refractivity contribution in [2.24, 2.45) is 0 Å². The summed E-state index contributed by atoms with van der Waals surface area (Å²) in [6.45, 7) is 3.97. The Labute approximate surface area is 150 Å². The molecule has 3 heterocycles. The Bertz CT molecular complexity index is 1070. The van der Waals surface area contributed by atoms with Crippen LogP contribution < -0.4 is 0 Å². The fourth-order valence-electron chi connectivity index (χ4n) is 3.89. The van der Waals surface area contributed by atoms with Crippen molar-refractivity contribution in [2.45, 2.75) is 25.9 Å². The first-order valence-electron chi connectivity index (χ1n) is 8.82. The maximum atomic E-state index is 4.82. The third kappa shape index (κ3) is 2.50. The number of H-pyrrole nitrogens is 1. The van der Waals surface area contributed by atoms with Crippen LogP contribution in [0.2, 0.25) is 0 Å². The van der Waals surface area contributed by atoms with Crippen molar-refractivity contribution in [1.82, 2.24) is 25.2 Å². The van der Waals surface area contributed by atoms with E-state index in [2.05, 4.69) is 68.5 Å². The molecular weight excluding hydrogens is 326 g/mol. The highest BCUT2D eigenvalue weighted by molar-refractivity contribution is 5.73. The smallest absolute Gasteiger partial charge is 0.135 e. The third-order valence-corrected chi connectivity index (χ3v) is 5.21. The van der Waals surface area contributed by atoms with Crippen LogP contribution in [0.5, 0.6) is 0 Å². The number of aromatic amines is 1. The van der Waals surface area contributed by atoms with Crippen molar-refractivity contribution in [3.8, 4) is 0 Å². The van der Waals surface area contributed by atoms with Crippen LogP contribution in [0, 0.1) is 6.92 Å². The monoisotopic (exact) mass is 345 g/mol. The zero-order chi connectivity index (χ0) is 17.5. The van der Waals surface area contributed by atoms with Gasteiger partial charge in [0.1, 0.15) is 11.0 Å². The molecule has 0 saturated heterocycles. The molecule has 2 aromatic heterocycles. The van der Waals surface area contributed by atoms with Gasteiger partial charge in [-0.2, -0.15) is 0 Å². The highest BCUT2D eigenvalue weighted by Crippen LogP contribution is 2.35. The quantitative estimate of drug-likeness (QED) is 0.616. The lowest BCUT2D eigenvalue weighted by atomic mass is 9.92. The molecular formula is C20H19N5O. The molecule has 0 bridgehead atoms. The summed E-state index contributed by atoms with van der Waals surface area (Å²) in [7, 11) is 0. The summed E-state index contributed by atoms with van der Waals surface area (Å²) in [5, 5.41) is 7.86. The van der Waals surface area contributed by atoms with Crippen LogP contribution in [0.3, 0.4) is 0 Å². The largest absolute Gasteiger partial charge is 0.348 e. The van der Waals surface area contributed by atoms with Gasteiger partial charge in [0, 0.05) is 25.2 Å². The molecule has 0 amide bonds. The zero-order valence-electron chi connectivity index (χ0n) is 14.5. The number of benzene rings is 2. The van der Waals surface area contributed by atoms with E-state index >= 15 is 0 Å². The van der Waals surface area contributed by atoms with E-state index in [1.165, 1.54) is 22.4 Å². The van der Waals surface area contributed by atoms with E-state index in [9.17, 15) is 0 Å². The lowest BCUT2D eigenvalue weighted by Gasteiger charge is -2.36. The van der Waals surface area contributed by atoms with Gasteiger partial charge in [-0.15, -0.1) is 0 Å². The molecule has 0 saturated carbocycles. The average Bonchev–Trinajstić information content (AvgIpc) is 3.31. The van der Waals surface area contributed by atoms with Crippen LogP contribution in [0.15, 0.2) is 53.4 Å². The van der Waals surface area contributed by atoms with Crippen LogP contribution in [0.25, 0.3) is 11.0 Å². The highest BCUT2D eigenvalue weighted by Gasteiger charge is 2.31. The van der Waals surface area contributed by atoms with Gasteiger partial charge in [0.25, 0.3) is 0 Å². The normalized spacial score (nSPS) is 17.5. The Morgan fingerprint density at radius 1 is 1.15 bits per heavy atom. The van der Waals surface area contributed by atoms with Crippen molar-refractivity contribution in [3.63, 3.8) is 0 Å². The lowest BCUT2D eigenvalue weighted by molar-refractivity contribution is 0.200. The van der Waals surface area contributed by atoms with Crippen molar-refractivity contribution in [3.05, 3.63) is 76.9 Å². The molecule has 0 unspecified atom stereocenters. The van der Waals surface area contributed by atoms with Crippen LogP contribution in [-0.2, 0) is 13.0 Å². The van der Waals surface area contributed by atoms with Gasteiger partial charge in [-0.05, 0) is 46.1 Å². The van der Waals surface area contributed by atoms with Crippen molar-refractivity contribution < 1.29 is 4.63 Å². The molecule has 0 aliphatic carbocycles. The number of aromatic nitrogens is 4. The Morgan fingerprint density at radius 2 is 2.04 bits per heavy atom. The minimum absolute atomic E-state index is 0.150. The number of nitrogens with zero attached hydrogens (tertiary/aromatic N) is 4. The second kappa shape index (κ2) is 6.07.